The smallest absolute Gasteiger partial charge is 0.0696 e. The summed E-state index contributed by atoms with van der Waals surface area (Å²) in [5.41, 5.74) is 0. The molecule has 2 unspecified atom stereocenters. The molecule has 0 bridgehead atoms. The van der Waals surface area contributed by atoms with E-state index in [0.29, 0.717) is 12.1 Å². The Labute approximate surface area is 89.4 Å². The van der Waals surface area contributed by atoms with Crippen LogP contribution in [0.5, 0.6) is 0 Å². The first-order valence-corrected chi connectivity index (χ1v) is 5.95. The minimum atomic E-state index is 0.315. The van der Waals surface area contributed by atoms with Crippen molar-refractivity contribution < 1.29 is 4.74 Å². The van der Waals surface area contributed by atoms with Gasteiger partial charge in [-0.25, -0.2) is 0 Å². The third-order valence-electron chi connectivity index (χ3n) is 3.15. The molecule has 0 saturated carbocycles. The number of hydrogen-bond donors (Lipinski definition) is 1. The highest BCUT2D eigenvalue weighted by molar-refractivity contribution is 4.76. The Balaban J connectivity index is 4.05. The average molecular weight is 201 g/mol. The average Bonchev–Trinajstić information content (AvgIpc) is 2.23. The van der Waals surface area contributed by atoms with Gasteiger partial charge in [0, 0.05) is 13.2 Å². The fourth-order valence-corrected chi connectivity index (χ4v) is 1.85. The Morgan fingerprint density at radius 1 is 1.14 bits per heavy atom. The van der Waals surface area contributed by atoms with Gasteiger partial charge in [-0.3, -0.25) is 0 Å². The van der Waals surface area contributed by atoms with Crippen LogP contribution in [-0.4, -0.2) is 25.8 Å². The van der Waals surface area contributed by atoms with E-state index in [0.717, 1.165) is 12.5 Å². The minimum absolute atomic E-state index is 0.315. The lowest BCUT2D eigenvalue weighted by Crippen LogP contribution is -2.40. The van der Waals surface area contributed by atoms with Crippen LogP contribution in [0.25, 0.3) is 0 Å². The van der Waals surface area contributed by atoms with Gasteiger partial charge in [-0.1, -0.05) is 33.6 Å². The van der Waals surface area contributed by atoms with Gasteiger partial charge in [0.15, 0.2) is 0 Å². The van der Waals surface area contributed by atoms with Gasteiger partial charge in [-0.2, -0.15) is 0 Å². The molecule has 0 heterocycles. The molecular weight excluding hydrogens is 174 g/mol. The molecule has 0 saturated heterocycles. The van der Waals surface area contributed by atoms with Crippen LogP contribution in [0.2, 0.25) is 0 Å². The first-order chi connectivity index (χ1) is 6.69. The van der Waals surface area contributed by atoms with E-state index in [1.54, 1.807) is 7.11 Å². The van der Waals surface area contributed by atoms with Crippen molar-refractivity contribution in [3.8, 4) is 0 Å². The van der Waals surface area contributed by atoms with Crippen LogP contribution in [0.1, 0.15) is 47.0 Å². The van der Waals surface area contributed by atoms with Crippen LogP contribution in [0.15, 0.2) is 0 Å². The summed E-state index contributed by atoms with van der Waals surface area (Å²) in [6.45, 7) is 9.87. The van der Waals surface area contributed by atoms with Crippen molar-refractivity contribution in [3.05, 3.63) is 0 Å². The van der Waals surface area contributed by atoms with Crippen molar-refractivity contribution in [3.63, 3.8) is 0 Å². The summed E-state index contributed by atoms with van der Waals surface area (Å²) in [5.74, 6) is 0.830. The van der Waals surface area contributed by atoms with E-state index in [2.05, 4.69) is 33.0 Å². The summed E-state index contributed by atoms with van der Waals surface area (Å²) in [4.78, 5) is 0. The predicted octanol–water partition coefficient (Wildman–Crippen LogP) is 2.83. The Hall–Kier alpha value is -0.0800. The van der Waals surface area contributed by atoms with E-state index in [4.69, 9.17) is 4.74 Å². The van der Waals surface area contributed by atoms with Crippen molar-refractivity contribution in [1.29, 1.82) is 0 Å². The summed E-state index contributed by atoms with van der Waals surface area (Å²) in [5, 5.41) is 3.51. The van der Waals surface area contributed by atoms with E-state index in [-0.39, 0.29) is 0 Å². The number of methoxy groups -OCH3 is 1. The molecule has 2 heteroatoms. The third-order valence-corrected chi connectivity index (χ3v) is 3.15. The van der Waals surface area contributed by atoms with Crippen molar-refractivity contribution in [1.82, 2.24) is 5.32 Å². The molecule has 2 atom stereocenters. The summed E-state index contributed by atoms with van der Waals surface area (Å²) in [7, 11) is 1.79. The van der Waals surface area contributed by atoms with E-state index >= 15 is 0 Å². The molecular formula is C12H27NO. The normalized spacial score (nSPS) is 15.9. The second-order valence-corrected chi connectivity index (χ2v) is 4.02. The lowest BCUT2D eigenvalue weighted by atomic mass is 9.92. The van der Waals surface area contributed by atoms with Crippen LogP contribution in [0.4, 0.5) is 0 Å². The first kappa shape index (κ1) is 13.9. The number of ether oxygens (including phenoxy) is 1. The standard InChI is InChI=1S/C12H27NO/c1-6-11(7-2)9-12(13-8-3)10(4)14-5/h10-13H,6-9H2,1-5H3. The molecule has 86 valence electrons. The predicted molar refractivity (Wildman–Crippen MR) is 62.6 cm³/mol. The Bertz CT molecular complexity index is 121. The molecule has 0 aromatic heterocycles. The molecule has 0 radical (unpaired) electrons. The number of hydrogen-bond acceptors (Lipinski definition) is 2. The van der Waals surface area contributed by atoms with Gasteiger partial charge in [-0.05, 0) is 25.8 Å². The second-order valence-electron chi connectivity index (χ2n) is 4.02. The van der Waals surface area contributed by atoms with Crippen molar-refractivity contribution in [2.45, 2.75) is 59.1 Å². The highest BCUT2D eigenvalue weighted by Gasteiger charge is 2.18. The molecule has 0 aliphatic heterocycles. The zero-order chi connectivity index (χ0) is 11.0. The molecule has 0 aromatic rings. The summed E-state index contributed by atoms with van der Waals surface area (Å²) < 4.78 is 5.39. The summed E-state index contributed by atoms with van der Waals surface area (Å²) in [6, 6.07) is 0.509. The molecule has 14 heavy (non-hydrogen) atoms. The lowest BCUT2D eigenvalue weighted by Gasteiger charge is -2.27. The molecule has 0 amide bonds. The third kappa shape index (κ3) is 4.97. The second kappa shape index (κ2) is 8.25. The van der Waals surface area contributed by atoms with Gasteiger partial charge >= 0.3 is 0 Å². The van der Waals surface area contributed by atoms with Crippen molar-refractivity contribution in [2.75, 3.05) is 13.7 Å². The molecule has 0 aromatic carbocycles. The van der Waals surface area contributed by atoms with Gasteiger partial charge in [0.05, 0.1) is 6.10 Å². The Kier molecular flexibility index (Phi) is 8.20. The zero-order valence-corrected chi connectivity index (χ0v) is 10.5. The molecule has 1 N–H and O–H groups in total. The highest BCUT2D eigenvalue weighted by atomic mass is 16.5. The lowest BCUT2D eigenvalue weighted by molar-refractivity contribution is 0.0737. The molecule has 0 rings (SSSR count). The fourth-order valence-electron chi connectivity index (χ4n) is 1.85. The Morgan fingerprint density at radius 3 is 2.07 bits per heavy atom. The summed E-state index contributed by atoms with van der Waals surface area (Å²) in [6.07, 6.45) is 4.09. The first-order valence-electron chi connectivity index (χ1n) is 5.95. The van der Waals surface area contributed by atoms with E-state index in [1.807, 2.05) is 0 Å². The molecule has 0 aliphatic rings. The van der Waals surface area contributed by atoms with Gasteiger partial charge in [-0.15, -0.1) is 0 Å². The SMILES string of the molecule is CCNC(CC(CC)CC)C(C)OC. The maximum absolute atomic E-state index is 5.39. The van der Waals surface area contributed by atoms with E-state index in [1.165, 1.54) is 19.3 Å². The van der Waals surface area contributed by atoms with Crippen LogP contribution in [0, 0.1) is 5.92 Å². The van der Waals surface area contributed by atoms with Crippen LogP contribution >= 0.6 is 0 Å². The van der Waals surface area contributed by atoms with Gasteiger partial charge in [0.2, 0.25) is 0 Å². The van der Waals surface area contributed by atoms with Crippen LogP contribution < -0.4 is 5.32 Å². The monoisotopic (exact) mass is 201 g/mol. The number of likely N-dealkylation sites (N-methyl/N-ethyl adjacent to an activating group) is 1. The van der Waals surface area contributed by atoms with Gasteiger partial charge in [0.25, 0.3) is 0 Å². The molecule has 2 nitrogen and oxygen atoms in total. The quantitative estimate of drug-likeness (QED) is 0.652. The highest BCUT2D eigenvalue weighted by Crippen LogP contribution is 2.17. The maximum atomic E-state index is 5.39. The Morgan fingerprint density at radius 2 is 1.71 bits per heavy atom. The number of rotatable bonds is 8. The van der Waals surface area contributed by atoms with Gasteiger partial charge < -0.3 is 10.1 Å². The fraction of sp³-hybridized carbons (Fsp3) is 1.00. The topological polar surface area (TPSA) is 21.3 Å². The molecule has 0 fully saturated rings. The minimum Gasteiger partial charge on any atom is -0.380 e. The molecule has 0 aliphatic carbocycles. The van der Waals surface area contributed by atoms with E-state index in [9.17, 15) is 0 Å². The van der Waals surface area contributed by atoms with Crippen molar-refractivity contribution >= 4 is 0 Å². The largest absolute Gasteiger partial charge is 0.380 e. The van der Waals surface area contributed by atoms with Crippen LogP contribution in [-0.2, 0) is 4.74 Å². The van der Waals surface area contributed by atoms with Crippen LogP contribution in [0.3, 0.4) is 0 Å². The maximum Gasteiger partial charge on any atom is 0.0696 e. The number of nitrogens with one attached hydrogen (secondary N) is 1. The summed E-state index contributed by atoms with van der Waals surface area (Å²) >= 11 is 0. The zero-order valence-electron chi connectivity index (χ0n) is 10.5. The van der Waals surface area contributed by atoms with E-state index < -0.39 is 0 Å². The van der Waals surface area contributed by atoms with Crippen molar-refractivity contribution in [2.24, 2.45) is 5.92 Å². The van der Waals surface area contributed by atoms with Gasteiger partial charge in [0.1, 0.15) is 0 Å². The molecule has 0 spiro atoms.